The second-order valence-electron chi connectivity index (χ2n) is 6.26. The number of anilines is 1. The number of halogens is 2. The molecule has 1 fully saturated rings. The first-order valence-electron chi connectivity index (χ1n) is 8.06. The molecule has 2 aromatic rings. The van der Waals surface area contributed by atoms with Gasteiger partial charge in [-0.25, -0.2) is 17.2 Å². The van der Waals surface area contributed by atoms with E-state index in [0.717, 1.165) is 23.3 Å². The average molecular weight is 366 g/mol. The van der Waals surface area contributed by atoms with Crippen LogP contribution in [0.25, 0.3) is 0 Å². The van der Waals surface area contributed by atoms with Crippen molar-refractivity contribution >= 4 is 15.7 Å². The first-order chi connectivity index (χ1) is 11.8. The number of hydrogen-bond acceptors (Lipinski definition) is 3. The molecule has 1 aliphatic rings. The number of sulfonamides is 1. The van der Waals surface area contributed by atoms with Crippen molar-refractivity contribution in [3.8, 4) is 0 Å². The van der Waals surface area contributed by atoms with Gasteiger partial charge in [-0.1, -0.05) is 17.7 Å². The molecule has 0 amide bonds. The zero-order valence-corrected chi connectivity index (χ0v) is 15.0. The standard InChI is InChI=1S/C18H20F2N2O2S/c1-13-3-6-18(14(2)11-13)25(23,24)22-9-7-21(8-10-22)15-4-5-16(19)17(20)12-15/h3-6,11-12H,7-10H2,1-2H3. The second-order valence-corrected chi connectivity index (χ2v) is 8.16. The molecule has 0 aromatic heterocycles. The van der Waals surface area contributed by atoms with Gasteiger partial charge in [0.15, 0.2) is 11.6 Å². The maximum Gasteiger partial charge on any atom is 0.243 e. The van der Waals surface area contributed by atoms with E-state index in [1.165, 1.54) is 10.4 Å². The fourth-order valence-corrected chi connectivity index (χ4v) is 4.72. The number of piperazine rings is 1. The quantitative estimate of drug-likeness (QED) is 0.838. The summed E-state index contributed by atoms with van der Waals surface area (Å²) in [5.41, 5.74) is 2.30. The third-order valence-corrected chi connectivity index (χ3v) is 6.51. The molecule has 134 valence electrons. The van der Waals surface area contributed by atoms with Crippen LogP contribution in [0, 0.1) is 25.5 Å². The molecule has 1 saturated heterocycles. The molecule has 0 saturated carbocycles. The molecule has 0 aliphatic carbocycles. The van der Waals surface area contributed by atoms with Crippen molar-refractivity contribution in [2.45, 2.75) is 18.7 Å². The van der Waals surface area contributed by atoms with Crippen molar-refractivity contribution in [1.82, 2.24) is 4.31 Å². The molecule has 25 heavy (non-hydrogen) atoms. The number of nitrogens with zero attached hydrogens (tertiary/aromatic N) is 2. The molecular formula is C18H20F2N2O2S. The molecule has 0 unspecified atom stereocenters. The summed E-state index contributed by atoms with van der Waals surface area (Å²) in [6.07, 6.45) is 0. The molecule has 7 heteroatoms. The third-order valence-electron chi connectivity index (χ3n) is 4.46. The van der Waals surface area contributed by atoms with Crippen LogP contribution in [0.2, 0.25) is 0 Å². The summed E-state index contributed by atoms with van der Waals surface area (Å²) in [6, 6.07) is 9.02. The third kappa shape index (κ3) is 3.52. The molecule has 4 nitrogen and oxygen atoms in total. The molecule has 0 bridgehead atoms. The van der Waals surface area contributed by atoms with Gasteiger partial charge in [-0.2, -0.15) is 4.31 Å². The van der Waals surface area contributed by atoms with E-state index in [9.17, 15) is 17.2 Å². The van der Waals surface area contributed by atoms with E-state index in [0.29, 0.717) is 36.8 Å². The Morgan fingerprint density at radius 2 is 1.56 bits per heavy atom. The summed E-state index contributed by atoms with van der Waals surface area (Å²) in [4.78, 5) is 2.18. The van der Waals surface area contributed by atoms with Crippen molar-refractivity contribution < 1.29 is 17.2 Å². The minimum absolute atomic E-state index is 0.300. The molecule has 2 aromatic carbocycles. The molecule has 0 N–H and O–H groups in total. The Balaban J connectivity index is 1.76. The van der Waals surface area contributed by atoms with Crippen LogP contribution < -0.4 is 4.90 Å². The molecule has 0 atom stereocenters. The Bertz CT molecular complexity index is 892. The summed E-state index contributed by atoms with van der Waals surface area (Å²) >= 11 is 0. The van der Waals surface area contributed by atoms with Crippen LogP contribution in [0.3, 0.4) is 0 Å². The predicted molar refractivity (Wildman–Crippen MR) is 93.2 cm³/mol. The highest BCUT2D eigenvalue weighted by Gasteiger charge is 2.29. The fraction of sp³-hybridized carbons (Fsp3) is 0.333. The number of benzene rings is 2. The van der Waals surface area contributed by atoms with E-state index in [2.05, 4.69) is 0 Å². The smallest absolute Gasteiger partial charge is 0.243 e. The Morgan fingerprint density at radius 3 is 2.16 bits per heavy atom. The van der Waals surface area contributed by atoms with Crippen LogP contribution >= 0.6 is 0 Å². The highest BCUT2D eigenvalue weighted by molar-refractivity contribution is 7.89. The van der Waals surface area contributed by atoms with Crippen molar-refractivity contribution in [1.29, 1.82) is 0 Å². The van der Waals surface area contributed by atoms with Gasteiger partial charge in [0.1, 0.15) is 0 Å². The highest BCUT2D eigenvalue weighted by Crippen LogP contribution is 2.24. The summed E-state index contributed by atoms with van der Waals surface area (Å²) < 4.78 is 53.6. The molecule has 0 spiro atoms. The lowest BCUT2D eigenvalue weighted by atomic mass is 10.2. The molecule has 3 rings (SSSR count). The second kappa shape index (κ2) is 6.72. The van der Waals surface area contributed by atoms with E-state index in [-0.39, 0.29) is 0 Å². The Morgan fingerprint density at radius 1 is 0.880 bits per heavy atom. The van der Waals surface area contributed by atoms with Gasteiger partial charge in [-0.15, -0.1) is 0 Å². The van der Waals surface area contributed by atoms with E-state index < -0.39 is 21.7 Å². The van der Waals surface area contributed by atoms with E-state index >= 15 is 0 Å². The fourth-order valence-electron chi connectivity index (χ4n) is 3.10. The Labute approximate surface area is 146 Å². The Kier molecular flexibility index (Phi) is 4.79. The van der Waals surface area contributed by atoms with Crippen LogP contribution in [-0.2, 0) is 10.0 Å². The van der Waals surface area contributed by atoms with E-state index in [4.69, 9.17) is 0 Å². The maximum absolute atomic E-state index is 13.4. The van der Waals surface area contributed by atoms with Crippen molar-refractivity contribution in [2.75, 3.05) is 31.1 Å². The first-order valence-corrected chi connectivity index (χ1v) is 9.50. The van der Waals surface area contributed by atoms with Crippen LogP contribution in [0.15, 0.2) is 41.3 Å². The summed E-state index contributed by atoms with van der Waals surface area (Å²) in [6.45, 7) is 5.16. The minimum Gasteiger partial charge on any atom is -0.369 e. The minimum atomic E-state index is -3.56. The van der Waals surface area contributed by atoms with Gasteiger partial charge in [-0.05, 0) is 37.6 Å². The molecule has 0 radical (unpaired) electrons. The van der Waals surface area contributed by atoms with Crippen LogP contribution in [-0.4, -0.2) is 38.9 Å². The zero-order chi connectivity index (χ0) is 18.2. The lowest BCUT2D eigenvalue weighted by Crippen LogP contribution is -2.48. The SMILES string of the molecule is Cc1ccc(S(=O)(=O)N2CCN(c3ccc(F)c(F)c3)CC2)c(C)c1. The molecule has 1 heterocycles. The zero-order valence-electron chi connectivity index (χ0n) is 14.2. The molecular weight excluding hydrogens is 346 g/mol. The Hall–Kier alpha value is -1.99. The highest BCUT2D eigenvalue weighted by atomic mass is 32.2. The van der Waals surface area contributed by atoms with Gasteiger partial charge in [0.25, 0.3) is 0 Å². The number of aryl methyl sites for hydroxylation is 2. The van der Waals surface area contributed by atoms with Gasteiger partial charge in [-0.3, -0.25) is 0 Å². The van der Waals surface area contributed by atoms with Crippen LogP contribution in [0.4, 0.5) is 14.5 Å². The van der Waals surface area contributed by atoms with Crippen molar-refractivity contribution in [3.63, 3.8) is 0 Å². The van der Waals surface area contributed by atoms with Crippen LogP contribution in [0.5, 0.6) is 0 Å². The van der Waals surface area contributed by atoms with Gasteiger partial charge >= 0.3 is 0 Å². The number of hydrogen-bond donors (Lipinski definition) is 0. The van der Waals surface area contributed by atoms with E-state index in [1.54, 1.807) is 19.1 Å². The molecule has 1 aliphatic heterocycles. The normalized spacial score (nSPS) is 16.2. The van der Waals surface area contributed by atoms with Crippen molar-refractivity contribution in [3.05, 3.63) is 59.2 Å². The van der Waals surface area contributed by atoms with Crippen molar-refractivity contribution in [2.24, 2.45) is 0 Å². The lowest BCUT2D eigenvalue weighted by Gasteiger charge is -2.35. The monoisotopic (exact) mass is 366 g/mol. The largest absolute Gasteiger partial charge is 0.369 e. The average Bonchev–Trinajstić information content (AvgIpc) is 2.57. The number of rotatable bonds is 3. The topological polar surface area (TPSA) is 40.6 Å². The lowest BCUT2D eigenvalue weighted by molar-refractivity contribution is 0.384. The maximum atomic E-state index is 13.4. The first kappa shape index (κ1) is 17.8. The van der Waals surface area contributed by atoms with Gasteiger partial charge in [0, 0.05) is 37.9 Å². The van der Waals surface area contributed by atoms with E-state index in [1.807, 2.05) is 17.9 Å². The predicted octanol–water partition coefficient (Wildman–Crippen LogP) is 3.09. The van der Waals surface area contributed by atoms with Gasteiger partial charge in [0.2, 0.25) is 10.0 Å². The van der Waals surface area contributed by atoms with Crippen LogP contribution in [0.1, 0.15) is 11.1 Å². The van der Waals surface area contributed by atoms with Gasteiger partial charge < -0.3 is 4.90 Å². The summed E-state index contributed by atoms with van der Waals surface area (Å²) in [5.74, 6) is -1.79. The summed E-state index contributed by atoms with van der Waals surface area (Å²) in [5, 5.41) is 0. The van der Waals surface area contributed by atoms with Gasteiger partial charge in [0.05, 0.1) is 4.90 Å². The summed E-state index contributed by atoms with van der Waals surface area (Å²) in [7, 11) is -3.56.